The molecule has 1 aromatic heterocycles. The first-order valence-electron chi connectivity index (χ1n) is 8.25. The van der Waals surface area contributed by atoms with E-state index in [1.165, 1.54) is 0 Å². The molecule has 0 saturated carbocycles. The summed E-state index contributed by atoms with van der Waals surface area (Å²) in [6.45, 7) is 9.79. The first kappa shape index (κ1) is 19.5. The number of nitrogen functional groups attached to an aromatic ring is 1. The van der Waals surface area contributed by atoms with Crippen molar-refractivity contribution in [1.29, 1.82) is 0 Å². The number of aromatic hydroxyl groups is 1. The summed E-state index contributed by atoms with van der Waals surface area (Å²) in [6.07, 6.45) is 1.62. The molecule has 2 aromatic rings. The zero-order valence-corrected chi connectivity index (χ0v) is 15.1. The van der Waals surface area contributed by atoms with Gasteiger partial charge in [0.2, 0.25) is 0 Å². The van der Waals surface area contributed by atoms with Crippen molar-refractivity contribution in [2.45, 2.75) is 47.5 Å². The molecule has 0 aliphatic heterocycles. The number of carbonyl (C=O) groups is 1. The van der Waals surface area contributed by atoms with Gasteiger partial charge in [-0.2, -0.15) is 0 Å². The lowest BCUT2D eigenvalue weighted by atomic mass is 9.92. The number of nitrogens with two attached hydrogens (primary N) is 2. The Morgan fingerprint density at radius 3 is 2.42 bits per heavy atom. The minimum absolute atomic E-state index is 0.0862. The van der Waals surface area contributed by atoms with Crippen LogP contribution in [0, 0.1) is 13.8 Å². The number of aromatic nitrogens is 1. The zero-order chi connectivity index (χ0) is 18.4. The smallest absolute Gasteiger partial charge is 0.269 e. The predicted octanol–water partition coefficient (Wildman–Crippen LogP) is 3.73. The van der Waals surface area contributed by atoms with Crippen LogP contribution in [0.25, 0.3) is 11.1 Å². The number of carbonyl (C=O) groups excluding carboxylic acids is 1. The number of anilines is 1. The zero-order valence-electron chi connectivity index (χ0n) is 15.1. The van der Waals surface area contributed by atoms with E-state index in [0.717, 1.165) is 35.2 Å². The van der Waals surface area contributed by atoms with Crippen molar-refractivity contribution in [3.8, 4) is 16.9 Å². The van der Waals surface area contributed by atoms with Crippen LogP contribution in [0.5, 0.6) is 5.75 Å². The fourth-order valence-electron chi connectivity index (χ4n) is 2.64. The minimum atomic E-state index is -0.646. The average Bonchev–Trinajstić information content (AvgIpc) is 2.55. The Kier molecular flexibility index (Phi) is 6.77. The van der Waals surface area contributed by atoms with Crippen molar-refractivity contribution >= 4 is 11.6 Å². The summed E-state index contributed by atoms with van der Waals surface area (Å²) < 4.78 is 0. The van der Waals surface area contributed by atoms with Crippen LogP contribution in [-0.2, 0) is 6.42 Å². The highest BCUT2D eigenvalue weighted by Gasteiger charge is 2.19. The van der Waals surface area contributed by atoms with E-state index in [4.69, 9.17) is 11.5 Å². The van der Waals surface area contributed by atoms with Gasteiger partial charge in [0, 0.05) is 11.3 Å². The van der Waals surface area contributed by atoms with Crippen molar-refractivity contribution in [2.24, 2.45) is 5.73 Å². The number of aryl methyl sites for hydroxylation is 2. The number of benzene rings is 1. The van der Waals surface area contributed by atoms with Crippen LogP contribution in [0.3, 0.4) is 0 Å². The standard InChI is InChI=1S/C17H21N3O2.C2H6/c1-4-5-11-8-12(15(18)16(20-11)17(19)22)14-9(2)6-7-13(21)10(14)3;1-2/h6-8,21H,4-5,18H2,1-3H3,(H2,19,22);1-2H3. The third-order valence-corrected chi connectivity index (χ3v) is 3.77. The number of phenols is 1. The lowest BCUT2D eigenvalue weighted by molar-refractivity contribution is 0.0996. The van der Waals surface area contributed by atoms with E-state index in [9.17, 15) is 9.90 Å². The van der Waals surface area contributed by atoms with Gasteiger partial charge in [-0.25, -0.2) is 4.98 Å². The van der Waals surface area contributed by atoms with Gasteiger partial charge in [0.25, 0.3) is 5.91 Å². The van der Waals surface area contributed by atoms with Gasteiger partial charge in [-0.05, 0) is 49.1 Å². The maximum Gasteiger partial charge on any atom is 0.269 e. The molecule has 24 heavy (non-hydrogen) atoms. The van der Waals surface area contributed by atoms with E-state index >= 15 is 0 Å². The summed E-state index contributed by atoms with van der Waals surface area (Å²) in [5, 5.41) is 9.98. The van der Waals surface area contributed by atoms with Crippen molar-refractivity contribution in [2.75, 3.05) is 5.73 Å². The highest BCUT2D eigenvalue weighted by atomic mass is 16.3. The Morgan fingerprint density at radius 2 is 1.88 bits per heavy atom. The summed E-state index contributed by atoms with van der Waals surface area (Å²) in [6, 6.07) is 5.34. The Labute approximate surface area is 143 Å². The molecule has 0 fully saturated rings. The first-order chi connectivity index (χ1) is 11.4. The van der Waals surface area contributed by atoms with E-state index in [0.29, 0.717) is 5.56 Å². The number of pyridine rings is 1. The van der Waals surface area contributed by atoms with E-state index in [1.54, 1.807) is 6.07 Å². The molecule has 5 N–H and O–H groups in total. The number of nitrogens with zero attached hydrogens (tertiary/aromatic N) is 1. The highest BCUT2D eigenvalue weighted by molar-refractivity contribution is 6.00. The lowest BCUT2D eigenvalue weighted by Crippen LogP contribution is -2.17. The Hall–Kier alpha value is -2.56. The van der Waals surface area contributed by atoms with Gasteiger partial charge in [0.15, 0.2) is 5.69 Å². The molecule has 2 rings (SSSR count). The molecule has 0 bridgehead atoms. The molecule has 5 heteroatoms. The number of hydrogen-bond donors (Lipinski definition) is 3. The summed E-state index contributed by atoms with van der Waals surface area (Å²) in [5.74, 6) is -0.457. The van der Waals surface area contributed by atoms with Crippen LogP contribution in [-0.4, -0.2) is 16.0 Å². The quantitative estimate of drug-likeness (QED) is 0.795. The third-order valence-electron chi connectivity index (χ3n) is 3.77. The first-order valence-corrected chi connectivity index (χ1v) is 8.25. The molecule has 1 amide bonds. The normalized spacial score (nSPS) is 10.0. The molecule has 1 aromatic carbocycles. The van der Waals surface area contributed by atoms with Crippen LogP contribution in [0.15, 0.2) is 18.2 Å². The summed E-state index contributed by atoms with van der Waals surface area (Å²) in [4.78, 5) is 15.9. The van der Waals surface area contributed by atoms with Crippen molar-refractivity contribution < 1.29 is 9.90 Å². The maximum atomic E-state index is 11.6. The average molecular weight is 329 g/mol. The third kappa shape index (κ3) is 3.85. The van der Waals surface area contributed by atoms with Crippen molar-refractivity contribution in [3.63, 3.8) is 0 Å². The fourth-order valence-corrected chi connectivity index (χ4v) is 2.64. The molecule has 0 atom stereocenters. The van der Waals surface area contributed by atoms with Gasteiger partial charge in [-0.15, -0.1) is 0 Å². The SMILES string of the molecule is CC.CCCc1cc(-c2c(C)ccc(O)c2C)c(N)c(C(N)=O)n1. The van der Waals surface area contributed by atoms with E-state index in [-0.39, 0.29) is 17.1 Å². The van der Waals surface area contributed by atoms with Crippen molar-refractivity contribution in [3.05, 3.63) is 40.7 Å². The molecule has 0 radical (unpaired) electrons. The molecule has 0 aliphatic rings. The number of phenolic OH excluding ortho intramolecular Hbond substituents is 1. The van der Waals surface area contributed by atoms with E-state index in [1.807, 2.05) is 46.8 Å². The van der Waals surface area contributed by atoms with Gasteiger partial charge in [0.1, 0.15) is 5.75 Å². The van der Waals surface area contributed by atoms with Gasteiger partial charge in [-0.1, -0.05) is 33.3 Å². The lowest BCUT2D eigenvalue weighted by Gasteiger charge is -2.16. The second-order valence-corrected chi connectivity index (χ2v) is 5.44. The van der Waals surface area contributed by atoms with E-state index in [2.05, 4.69) is 4.98 Å². The Morgan fingerprint density at radius 1 is 1.25 bits per heavy atom. The number of primary amides is 1. The van der Waals surface area contributed by atoms with E-state index < -0.39 is 5.91 Å². The molecule has 0 unspecified atom stereocenters. The number of amides is 1. The number of hydrogen-bond acceptors (Lipinski definition) is 4. The molecule has 1 heterocycles. The molecule has 5 nitrogen and oxygen atoms in total. The monoisotopic (exact) mass is 329 g/mol. The van der Waals surface area contributed by atoms with Crippen LogP contribution in [0.4, 0.5) is 5.69 Å². The molecule has 0 aliphatic carbocycles. The summed E-state index contributed by atoms with van der Waals surface area (Å²) in [5.41, 5.74) is 15.8. The van der Waals surface area contributed by atoms with Crippen LogP contribution >= 0.6 is 0 Å². The van der Waals surface area contributed by atoms with Gasteiger partial charge >= 0.3 is 0 Å². The van der Waals surface area contributed by atoms with Gasteiger partial charge < -0.3 is 16.6 Å². The van der Waals surface area contributed by atoms with Gasteiger partial charge in [0.05, 0.1) is 5.69 Å². The second-order valence-electron chi connectivity index (χ2n) is 5.44. The fraction of sp³-hybridized carbons (Fsp3) is 0.368. The maximum absolute atomic E-state index is 11.6. The second kappa shape index (κ2) is 8.34. The van der Waals surface area contributed by atoms with Crippen LogP contribution in [0.1, 0.15) is 54.5 Å². The molecule has 0 saturated heterocycles. The highest BCUT2D eigenvalue weighted by Crippen LogP contribution is 2.37. The Bertz CT molecular complexity index is 740. The molecule has 130 valence electrons. The Balaban J connectivity index is 0.00000139. The predicted molar refractivity (Wildman–Crippen MR) is 99.1 cm³/mol. The van der Waals surface area contributed by atoms with Crippen LogP contribution in [0.2, 0.25) is 0 Å². The molecular weight excluding hydrogens is 302 g/mol. The van der Waals surface area contributed by atoms with Gasteiger partial charge in [-0.3, -0.25) is 4.79 Å². The summed E-state index contributed by atoms with van der Waals surface area (Å²) in [7, 11) is 0. The largest absolute Gasteiger partial charge is 0.508 e. The van der Waals surface area contributed by atoms with Crippen molar-refractivity contribution in [1.82, 2.24) is 4.98 Å². The molecule has 0 spiro atoms. The summed E-state index contributed by atoms with van der Waals surface area (Å²) >= 11 is 0. The molecular formula is C19H27N3O2. The minimum Gasteiger partial charge on any atom is -0.508 e. The number of rotatable bonds is 4. The van der Waals surface area contributed by atoms with Crippen LogP contribution < -0.4 is 11.5 Å². The topological polar surface area (TPSA) is 102 Å².